The van der Waals surface area contributed by atoms with Crippen LogP contribution in [0.2, 0.25) is 0 Å². The minimum Gasteiger partial charge on any atom is -0.396 e. The SMILES string of the molecule is CCN(CCCNC(=NC)NCC1(CCO)CCOC1)c1ccccc1. The molecule has 0 aromatic heterocycles. The van der Waals surface area contributed by atoms with Gasteiger partial charge >= 0.3 is 0 Å². The molecule has 1 fully saturated rings. The fraction of sp³-hybridized carbons (Fsp3) is 0.650. The lowest BCUT2D eigenvalue weighted by molar-refractivity contribution is 0.127. The fourth-order valence-electron chi connectivity index (χ4n) is 3.39. The lowest BCUT2D eigenvalue weighted by Crippen LogP contribution is -2.45. The summed E-state index contributed by atoms with van der Waals surface area (Å²) in [5.41, 5.74) is 1.29. The van der Waals surface area contributed by atoms with Crippen molar-refractivity contribution in [2.24, 2.45) is 10.4 Å². The van der Waals surface area contributed by atoms with Crippen LogP contribution in [0, 0.1) is 5.41 Å². The van der Waals surface area contributed by atoms with Gasteiger partial charge in [0.2, 0.25) is 0 Å². The molecule has 1 atom stereocenters. The molecule has 2 rings (SSSR count). The number of anilines is 1. The van der Waals surface area contributed by atoms with Crippen LogP contribution in [0.4, 0.5) is 5.69 Å². The maximum atomic E-state index is 9.32. The molecule has 1 aromatic rings. The molecule has 1 heterocycles. The standard InChI is InChI=1S/C20H34N4O2/c1-3-24(18-8-5-4-6-9-18)13-7-12-22-19(21-2)23-16-20(10-14-25)11-15-26-17-20/h4-6,8-9,25H,3,7,10-17H2,1-2H3,(H2,21,22,23). The third-order valence-electron chi connectivity index (χ3n) is 5.08. The summed E-state index contributed by atoms with van der Waals surface area (Å²) in [4.78, 5) is 6.69. The number of aliphatic hydroxyl groups is 1. The third-order valence-corrected chi connectivity index (χ3v) is 5.08. The summed E-state index contributed by atoms with van der Waals surface area (Å²) >= 11 is 0. The molecule has 0 radical (unpaired) electrons. The Hall–Kier alpha value is -1.79. The summed E-state index contributed by atoms with van der Waals surface area (Å²) in [5.74, 6) is 0.817. The normalized spacial score (nSPS) is 20.2. The molecule has 1 aliphatic heterocycles. The van der Waals surface area contributed by atoms with Gasteiger partial charge in [0.05, 0.1) is 6.61 Å². The van der Waals surface area contributed by atoms with Crippen LogP contribution >= 0.6 is 0 Å². The summed E-state index contributed by atoms with van der Waals surface area (Å²) in [6.45, 7) is 7.52. The molecular weight excluding hydrogens is 328 g/mol. The second kappa shape index (κ2) is 11.0. The third kappa shape index (κ3) is 6.18. The molecule has 26 heavy (non-hydrogen) atoms. The topological polar surface area (TPSA) is 69.1 Å². The van der Waals surface area contributed by atoms with Crippen LogP contribution in [-0.4, -0.2) is 64.1 Å². The van der Waals surface area contributed by atoms with Gasteiger partial charge in [-0.1, -0.05) is 18.2 Å². The summed E-state index contributed by atoms with van der Waals surface area (Å²) in [6, 6.07) is 10.5. The van der Waals surface area contributed by atoms with Gasteiger partial charge in [-0.3, -0.25) is 4.99 Å². The van der Waals surface area contributed by atoms with Crippen molar-refractivity contribution in [1.82, 2.24) is 10.6 Å². The van der Waals surface area contributed by atoms with Crippen molar-refractivity contribution in [2.45, 2.75) is 26.2 Å². The van der Waals surface area contributed by atoms with Gasteiger partial charge in [0, 0.05) is 57.5 Å². The van der Waals surface area contributed by atoms with Crippen molar-refractivity contribution < 1.29 is 9.84 Å². The van der Waals surface area contributed by atoms with Crippen LogP contribution in [0.3, 0.4) is 0 Å². The summed E-state index contributed by atoms with van der Waals surface area (Å²) in [6.07, 6.45) is 2.79. The largest absolute Gasteiger partial charge is 0.396 e. The van der Waals surface area contributed by atoms with E-state index in [2.05, 4.69) is 51.7 Å². The zero-order chi connectivity index (χ0) is 18.7. The van der Waals surface area contributed by atoms with E-state index in [9.17, 15) is 5.11 Å². The number of rotatable bonds is 10. The van der Waals surface area contributed by atoms with Crippen molar-refractivity contribution in [3.63, 3.8) is 0 Å². The molecule has 1 aromatic carbocycles. The van der Waals surface area contributed by atoms with Crippen LogP contribution < -0.4 is 15.5 Å². The molecule has 146 valence electrons. The average molecular weight is 363 g/mol. The predicted molar refractivity (Wildman–Crippen MR) is 108 cm³/mol. The first-order chi connectivity index (χ1) is 12.7. The van der Waals surface area contributed by atoms with Crippen molar-refractivity contribution in [3.05, 3.63) is 30.3 Å². The molecule has 1 saturated heterocycles. The zero-order valence-electron chi connectivity index (χ0n) is 16.2. The summed E-state index contributed by atoms with van der Waals surface area (Å²) < 4.78 is 5.54. The van der Waals surface area contributed by atoms with Gasteiger partial charge in [0.15, 0.2) is 5.96 Å². The van der Waals surface area contributed by atoms with E-state index in [0.717, 1.165) is 58.0 Å². The Morgan fingerprint density at radius 2 is 2.12 bits per heavy atom. The van der Waals surface area contributed by atoms with E-state index < -0.39 is 0 Å². The van der Waals surface area contributed by atoms with Gasteiger partial charge in [-0.2, -0.15) is 0 Å². The highest BCUT2D eigenvalue weighted by molar-refractivity contribution is 5.79. The number of para-hydroxylation sites is 1. The summed E-state index contributed by atoms with van der Waals surface area (Å²) in [7, 11) is 1.79. The number of aliphatic imine (C=N–C) groups is 1. The highest BCUT2D eigenvalue weighted by Gasteiger charge is 2.34. The second-order valence-corrected chi connectivity index (χ2v) is 6.90. The lowest BCUT2D eigenvalue weighted by atomic mass is 9.84. The minimum absolute atomic E-state index is 0.0265. The molecule has 0 saturated carbocycles. The van der Waals surface area contributed by atoms with Crippen LogP contribution in [-0.2, 0) is 4.74 Å². The van der Waals surface area contributed by atoms with Crippen LogP contribution in [0.25, 0.3) is 0 Å². The van der Waals surface area contributed by atoms with Gasteiger partial charge in [-0.25, -0.2) is 0 Å². The quantitative estimate of drug-likeness (QED) is 0.337. The van der Waals surface area contributed by atoms with E-state index in [1.165, 1.54) is 5.69 Å². The van der Waals surface area contributed by atoms with Crippen molar-refractivity contribution in [3.8, 4) is 0 Å². The van der Waals surface area contributed by atoms with E-state index >= 15 is 0 Å². The molecule has 0 aliphatic carbocycles. The van der Waals surface area contributed by atoms with Gasteiger partial charge in [-0.15, -0.1) is 0 Å². The number of nitrogens with one attached hydrogen (secondary N) is 2. The van der Waals surface area contributed by atoms with E-state index in [4.69, 9.17) is 4.74 Å². The Morgan fingerprint density at radius 1 is 1.31 bits per heavy atom. The smallest absolute Gasteiger partial charge is 0.190 e. The highest BCUT2D eigenvalue weighted by atomic mass is 16.5. The van der Waals surface area contributed by atoms with Gasteiger partial charge in [0.25, 0.3) is 0 Å². The average Bonchev–Trinajstić information content (AvgIpc) is 3.14. The number of nitrogens with zero attached hydrogens (tertiary/aromatic N) is 2. The molecule has 0 bridgehead atoms. The molecule has 3 N–H and O–H groups in total. The molecular formula is C20H34N4O2. The highest BCUT2D eigenvalue weighted by Crippen LogP contribution is 2.31. The first kappa shape index (κ1) is 20.5. The predicted octanol–water partition coefficient (Wildman–Crippen LogP) is 1.86. The minimum atomic E-state index is 0.0265. The zero-order valence-corrected chi connectivity index (χ0v) is 16.2. The van der Waals surface area contributed by atoms with Crippen LogP contribution in [0.5, 0.6) is 0 Å². The molecule has 0 spiro atoms. The van der Waals surface area contributed by atoms with Crippen molar-refractivity contribution >= 4 is 11.6 Å². The second-order valence-electron chi connectivity index (χ2n) is 6.90. The first-order valence-electron chi connectivity index (χ1n) is 9.66. The van der Waals surface area contributed by atoms with Crippen molar-refractivity contribution in [1.29, 1.82) is 0 Å². The number of hydrogen-bond acceptors (Lipinski definition) is 4. The number of aliphatic hydroxyl groups excluding tert-OH is 1. The number of benzene rings is 1. The number of guanidine groups is 1. The first-order valence-corrected chi connectivity index (χ1v) is 9.66. The van der Waals surface area contributed by atoms with Crippen molar-refractivity contribution in [2.75, 3.05) is 57.9 Å². The molecule has 1 aliphatic rings. The Morgan fingerprint density at radius 3 is 2.73 bits per heavy atom. The lowest BCUT2D eigenvalue weighted by Gasteiger charge is -2.28. The van der Waals surface area contributed by atoms with Gasteiger partial charge < -0.3 is 25.4 Å². The van der Waals surface area contributed by atoms with E-state index in [1.54, 1.807) is 7.05 Å². The molecule has 6 nitrogen and oxygen atoms in total. The Labute approximate surface area is 157 Å². The number of ether oxygens (including phenoxy) is 1. The monoisotopic (exact) mass is 362 g/mol. The fourth-order valence-corrected chi connectivity index (χ4v) is 3.39. The number of hydrogen-bond donors (Lipinski definition) is 3. The van der Waals surface area contributed by atoms with Gasteiger partial charge in [0.1, 0.15) is 0 Å². The maximum absolute atomic E-state index is 9.32. The molecule has 6 heteroatoms. The van der Waals surface area contributed by atoms with E-state index in [0.29, 0.717) is 6.61 Å². The Balaban J connectivity index is 1.71. The molecule has 0 amide bonds. The maximum Gasteiger partial charge on any atom is 0.190 e. The van der Waals surface area contributed by atoms with E-state index in [1.807, 2.05) is 6.07 Å². The van der Waals surface area contributed by atoms with Crippen LogP contribution in [0.1, 0.15) is 26.2 Å². The summed E-state index contributed by atoms with van der Waals surface area (Å²) in [5, 5.41) is 16.1. The Kier molecular flexibility index (Phi) is 8.71. The molecule has 1 unspecified atom stereocenters. The van der Waals surface area contributed by atoms with Gasteiger partial charge in [-0.05, 0) is 38.3 Å². The van der Waals surface area contributed by atoms with Crippen LogP contribution in [0.15, 0.2) is 35.3 Å². The Bertz CT molecular complexity index is 530. The van der Waals surface area contributed by atoms with E-state index in [-0.39, 0.29) is 12.0 Å².